The lowest BCUT2D eigenvalue weighted by Crippen LogP contribution is -2.38. The minimum Gasteiger partial charge on any atom is -0.443 e. The van der Waals surface area contributed by atoms with E-state index in [0.717, 1.165) is 34.9 Å². The Morgan fingerprint density at radius 3 is 2.03 bits per heavy atom. The summed E-state index contributed by atoms with van der Waals surface area (Å²) in [4.78, 5) is 15.0. The molecule has 0 saturated heterocycles. The molecule has 0 aliphatic heterocycles. The number of nitrogens with zero attached hydrogens (tertiary/aromatic N) is 1. The fourth-order valence-corrected chi connectivity index (χ4v) is 4.09. The quantitative estimate of drug-likeness (QED) is 0.318. The van der Waals surface area contributed by atoms with E-state index >= 15 is 0 Å². The van der Waals surface area contributed by atoms with Crippen LogP contribution in [-0.4, -0.2) is 18.2 Å². The summed E-state index contributed by atoms with van der Waals surface area (Å²) in [6, 6.07) is 12.5. The lowest BCUT2D eigenvalue weighted by molar-refractivity contribution is 0.0580. The van der Waals surface area contributed by atoms with Crippen LogP contribution in [0.3, 0.4) is 0 Å². The number of benzene rings is 2. The Hall–Kier alpha value is -2.03. The van der Waals surface area contributed by atoms with Crippen molar-refractivity contribution in [3.05, 3.63) is 42.0 Å². The van der Waals surface area contributed by atoms with Crippen molar-refractivity contribution in [3.8, 4) is 0 Å². The molecular formula is C28H43NO2. The maximum absolute atomic E-state index is 13.2. The molecule has 0 atom stereocenters. The maximum Gasteiger partial charge on any atom is 0.414 e. The Kier molecular flexibility index (Phi) is 10.4. The SMILES string of the molecule is CCCCCCCCCCCCN(C(=O)OC(C)(C)C)c1c(C)ccc2ccccc12. The predicted octanol–water partition coefficient (Wildman–Crippen LogP) is 8.81. The Morgan fingerprint density at radius 1 is 0.839 bits per heavy atom. The number of carbonyl (C=O) groups excluding carboxylic acids is 1. The second-order valence-corrected chi connectivity index (χ2v) is 9.77. The first-order valence-corrected chi connectivity index (χ1v) is 12.3. The number of amides is 1. The summed E-state index contributed by atoms with van der Waals surface area (Å²) in [5.41, 5.74) is 1.59. The van der Waals surface area contributed by atoms with Gasteiger partial charge >= 0.3 is 6.09 Å². The van der Waals surface area contributed by atoms with E-state index in [1.165, 1.54) is 51.4 Å². The molecule has 0 fully saturated rings. The summed E-state index contributed by atoms with van der Waals surface area (Å²) < 4.78 is 5.79. The van der Waals surface area contributed by atoms with Gasteiger partial charge in [0.1, 0.15) is 5.60 Å². The molecule has 2 aromatic rings. The summed E-state index contributed by atoms with van der Waals surface area (Å²) in [6.07, 6.45) is 12.6. The van der Waals surface area contributed by atoms with Crippen LogP contribution >= 0.6 is 0 Å². The lowest BCUT2D eigenvalue weighted by atomic mass is 10.0. The third-order valence-corrected chi connectivity index (χ3v) is 5.72. The summed E-state index contributed by atoms with van der Waals surface area (Å²) in [5.74, 6) is 0. The van der Waals surface area contributed by atoms with E-state index < -0.39 is 5.60 Å². The van der Waals surface area contributed by atoms with Crippen molar-refractivity contribution in [1.82, 2.24) is 0 Å². The lowest BCUT2D eigenvalue weighted by Gasteiger charge is -2.29. The zero-order valence-electron chi connectivity index (χ0n) is 20.5. The van der Waals surface area contributed by atoms with Gasteiger partial charge in [-0.3, -0.25) is 4.90 Å². The number of aryl methyl sites for hydroxylation is 1. The molecule has 3 nitrogen and oxygen atoms in total. The second-order valence-electron chi connectivity index (χ2n) is 9.77. The molecular weight excluding hydrogens is 382 g/mol. The van der Waals surface area contributed by atoms with E-state index in [9.17, 15) is 4.79 Å². The Labute approximate surface area is 190 Å². The molecule has 0 bridgehead atoms. The van der Waals surface area contributed by atoms with Gasteiger partial charge in [-0.2, -0.15) is 0 Å². The van der Waals surface area contributed by atoms with Crippen LogP contribution in [0, 0.1) is 6.92 Å². The fourth-order valence-electron chi connectivity index (χ4n) is 4.09. The molecule has 0 heterocycles. The molecule has 172 valence electrons. The average Bonchev–Trinajstić information content (AvgIpc) is 2.71. The monoisotopic (exact) mass is 425 g/mol. The number of rotatable bonds is 12. The van der Waals surface area contributed by atoms with Crippen molar-refractivity contribution in [2.45, 2.75) is 104 Å². The Bertz CT molecular complexity index is 806. The summed E-state index contributed by atoms with van der Waals surface area (Å²) in [5, 5.41) is 2.26. The van der Waals surface area contributed by atoms with Gasteiger partial charge in [-0.05, 0) is 45.1 Å². The predicted molar refractivity (Wildman–Crippen MR) is 134 cm³/mol. The van der Waals surface area contributed by atoms with Crippen molar-refractivity contribution in [2.75, 3.05) is 11.4 Å². The smallest absolute Gasteiger partial charge is 0.414 e. The number of hydrogen-bond donors (Lipinski definition) is 0. The van der Waals surface area contributed by atoms with Gasteiger partial charge in [0.2, 0.25) is 0 Å². The first kappa shape index (κ1) is 25.2. The van der Waals surface area contributed by atoms with Crippen LogP contribution in [0.4, 0.5) is 10.5 Å². The normalized spacial score (nSPS) is 11.6. The molecule has 1 amide bonds. The van der Waals surface area contributed by atoms with Gasteiger partial charge in [0.15, 0.2) is 0 Å². The topological polar surface area (TPSA) is 29.5 Å². The molecule has 0 unspecified atom stereocenters. The molecule has 2 rings (SSSR count). The first-order valence-electron chi connectivity index (χ1n) is 12.3. The first-order chi connectivity index (χ1) is 14.8. The van der Waals surface area contributed by atoms with Crippen LogP contribution in [0.25, 0.3) is 10.8 Å². The number of hydrogen-bond acceptors (Lipinski definition) is 2. The van der Waals surface area contributed by atoms with Gasteiger partial charge in [0.25, 0.3) is 0 Å². The van der Waals surface area contributed by atoms with E-state index in [4.69, 9.17) is 4.74 Å². The van der Waals surface area contributed by atoms with Gasteiger partial charge in [-0.15, -0.1) is 0 Å². The molecule has 2 aromatic carbocycles. The van der Waals surface area contributed by atoms with Crippen molar-refractivity contribution in [1.29, 1.82) is 0 Å². The standard InChI is InChI=1S/C28H43NO2/c1-6-7-8-9-10-11-12-13-14-17-22-29(27(30)31-28(3,4)5)26-23(2)20-21-24-18-15-16-19-25(24)26/h15-16,18-21H,6-14,17,22H2,1-5H3. The zero-order valence-corrected chi connectivity index (χ0v) is 20.5. The molecule has 0 spiro atoms. The highest BCUT2D eigenvalue weighted by molar-refractivity contribution is 6.03. The number of ether oxygens (including phenoxy) is 1. The van der Waals surface area contributed by atoms with Gasteiger partial charge in [0, 0.05) is 11.9 Å². The molecule has 3 heteroatoms. The summed E-state index contributed by atoms with van der Waals surface area (Å²) in [6.45, 7) is 10.8. The van der Waals surface area contributed by atoms with E-state index in [2.05, 4.69) is 38.1 Å². The van der Waals surface area contributed by atoms with Gasteiger partial charge in [0.05, 0.1) is 5.69 Å². The minimum absolute atomic E-state index is 0.247. The third-order valence-electron chi connectivity index (χ3n) is 5.72. The van der Waals surface area contributed by atoms with E-state index in [1.54, 1.807) is 0 Å². The Morgan fingerprint density at radius 2 is 1.42 bits per heavy atom. The molecule has 0 N–H and O–H groups in total. The van der Waals surface area contributed by atoms with Crippen LogP contribution in [0.1, 0.15) is 97.5 Å². The minimum atomic E-state index is -0.508. The number of anilines is 1. The zero-order chi connectivity index (χ0) is 22.7. The highest BCUT2D eigenvalue weighted by Crippen LogP contribution is 2.32. The van der Waals surface area contributed by atoms with Crippen molar-refractivity contribution in [2.24, 2.45) is 0 Å². The van der Waals surface area contributed by atoms with E-state index in [-0.39, 0.29) is 6.09 Å². The molecule has 0 aliphatic rings. The molecule has 0 aliphatic carbocycles. The average molecular weight is 426 g/mol. The fraction of sp³-hybridized carbons (Fsp3) is 0.607. The number of fused-ring (bicyclic) bond motifs is 1. The van der Waals surface area contributed by atoms with E-state index in [0.29, 0.717) is 6.54 Å². The highest BCUT2D eigenvalue weighted by Gasteiger charge is 2.25. The molecule has 0 radical (unpaired) electrons. The maximum atomic E-state index is 13.2. The van der Waals surface area contributed by atoms with Gasteiger partial charge in [-0.1, -0.05) is 101 Å². The molecule has 0 aromatic heterocycles. The molecule has 0 saturated carbocycles. The Balaban J connectivity index is 2.00. The van der Waals surface area contributed by atoms with Gasteiger partial charge < -0.3 is 4.74 Å². The van der Waals surface area contributed by atoms with Gasteiger partial charge in [-0.25, -0.2) is 4.79 Å². The van der Waals surface area contributed by atoms with Crippen LogP contribution in [0.2, 0.25) is 0 Å². The van der Waals surface area contributed by atoms with Crippen LogP contribution < -0.4 is 4.90 Å². The summed E-state index contributed by atoms with van der Waals surface area (Å²) in [7, 11) is 0. The molecule has 31 heavy (non-hydrogen) atoms. The van der Waals surface area contributed by atoms with Crippen LogP contribution in [0.5, 0.6) is 0 Å². The van der Waals surface area contributed by atoms with E-state index in [1.807, 2.05) is 37.8 Å². The van der Waals surface area contributed by atoms with Crippen molar-refractivity contribution < 1.29 is 9.53 Å². The van der Waals surface area contributed by atoms with Crippen LogP contribution in [-0.2, 0) is 4.74 Å². The van der Waals surface area contributed by atoms with Crippen LogP contribution in [0.15, 0.2) is 36.4 Å². The highest BCUT2D eigenvalue weighted by atomic mass is 16.6. The largest absolute Gasteiger partial charge is 0.443 e. The second kappa shape index (κ2) is 12.7. The number of unbranched alkanes of at least 4 members (excludes halogenated alkanes) is 9. The van der Waals surface area contributed by atoms with Crippen molar-refractivity contribution in [3.63, 3.8) is 0 Å². The summed E-state index contributed by atoms with van der Waals surface area (Å²) >= 11 is 0. The number of carbonyl (C=O) groups is 1. The third kappa shape index (κ3) is 8.55. The van der Waals surface area contributed by atoms with Crippen molar-refractivity contribution >= 4 is 22.6 Å².